The van der Waals surface area contributed by atoms with Crippen LogP contribution in [0.25, 0.3) is 11.3 Å². The molecule has 1 aromatic heterocycles. The fraction of sp³-hybridized carbons (Fsp3) is 0.429. The number of piperazine rings is 1. The largest absolute Gasteiger partial charge is 0.342 e. The third-order valence-electron chi connectivity index (χ3n) is 8.18. The first kappa shape index (κ1) is 28.7. The summed E-state index contributed by atoms with van der Waals surface area (Å²) in [5, 5.41) is 3.10. The number of carbonyl (C=O) groups is 3. The number of nitrogens with one attached hydrogen (secondary N) is 1. The molecule has 2 aliphatic rings. The maximum atomic E-state index is 14.5. The van der Waals surface area contributed by atoms with Gasteiger partial charge in [-0.15, -0.1) is 0 Å². The molecule has 1 aliphatic heterocycles. The molecular weight excluding hydrogens is 510 g/mol. The van der Waals surface area contributed by atoms with Crippen molar-refractivity contribution in [3.8, 4) is 11.3 Å². The smallest absolute Gasteiger partial charge is 0.247 e. The number of benzene rings is 2. The number of nitrogens with zero attached hydrogens (tertiary/aromatic N) is 2. The van der Waals surface area contributed by atoms with E-state index in [1.54, 1.807) is 11.1 Å². The Morgan fingerprint density at radius 3 is 2.15 bits per heavy atom. The summed E-state index contributed by atoms with van der Waals surface area (Å²) in [6.45, 7) is 10.2. The van der Waals surface area contributed by atoms with Gasteiger partial charge in [0.1, 0.15) is 18.1 Å². The lowest BCUT2D eigenvalue weighted by Crippen LogP contribution is -2.66. The second-order valence-electron chi connectivity index (χ2n) is 13.3. The Hall–Kier alpha value is -3.80. The second kappa shape index (κ2) is 11.6. The van der Waals surface area contributed by atoms with Crippen LogP contribution in [0.15, 0.2) is 72.9 Å². The number of hydrogen-bond donors (Lipinski definition) is 1. The molecule has 0 spiro atoms. The molecule has 1 saturated heterocycles. The maximum absolute atomic E-state index is 14.5. The molecule has 2 aromatic carbocycles. The highest BCUT2D eigenvalue weighted by Gasteiger charge is 2.49. The first-order chi connectivity index (χ1) is 19.5. The van der Waals surface area contributed by atoms with E-state index in [0.717, 1.165) is 29.7 Å². The van der Waals surface area contributed by atoms with Gasteiger partial charge in [-0.05, 0) is 65.3 Å². The van der Waals surface area contributed by atoms with Crippen molar-refractivity contribution >= 4 is 17.6 Å². The Labute approximate surface area is 243 Å². The van der Waals surface area contributed by atoms with Crippen LogP contribution in [-0.4, -0.2) is 39.6 Å². The highest BCUT2D eigenvalue weighted by molar-refractivity contribution is 6.00. The van der Waals surface area contributed by atoms with Gasteiger partial charge in [0.15, 0.2) is 5.78 Å². The molecule has 2 heterocycles. The predicted molar refractivity (Wildman–Crippen MR) is 161 cm³/mol. The molecule has 0 radical (unpaired) electrons. The van der Waals surface area contributed by atoms with E-state index >= 15 is 0 Å². The maximum Gasteiger partial charge on any atom is 0.247 e. The summed E-state index contributed by atoms with van der Waals surface area (Å²) in [6, 6.07) is 19.5. The predicted octanol–water partition coefficient (Wildman–Crippen LogP) is 5.95. The Kier molecular flexibility index (Phi) is 8.12. The van der Waals surface area contributed by atoms with E-state index in [1.807, 2.05) is 89.2 Å². The molecule has 3 aromatic rings. The van der Waals surface area contributed by atoms with Crippen LogP contribution >= 0.6 is 0 Å². The standard InChI is InChI=1S/C35H41N3O3/c1-22(2)18-29-33(40)37-31(27-19-25-10-6-7-11-26(25)20-27)34(41)38(29)32(30(39)21-35(3,4)5)24-15-13-23(14-16-24)28-12-8-9-17-36-28/h6-17,22,27,29,31-32H,18-21H2,1-5H3,(H,37,40)/t29-,31-,32-/m1/s1. The van der Waals surface area contributed by atoms with Crippen molar-refractivity contribution in [1.29, 1.82) is 0 Å². The minimum Gasteiger partial charge on any atom is -0.342 e. The fourth-order valence-corrected chi connectivity index (χ4v) is 6.36. The van der Waals surface area contributed by atoms with E-state index in [0.29, 0.717) is 12.8 Å². The molecule has 6 heteroatoms. The van der Waals surface area contributed by atoms with Gasteiger partial charge in [0.05, 0.1) is 5.69 Å². The molecule has 41 heavy (non-hydrogen) atoms. The van der Waals surface area contributed by atoms with Gasteiger partial charge in [0.2, 0.25) is 11.8 Å². The van der Waals surface area contributed by atoms with Crippen LogP contribution < -0.4 is 5.32 Å². The molecule has 1 fully saturated rings. The zero-order valence-electron chi connectivity index (χ0n) is 24.8. The first-order valence-electron chi connectivity index (χ1n) is 14.8. The van der Waals surface area contributed by atoms with Gasteiger partial charge >= 0.3 is 0 Å². The summed E-state index contributed by atoms with van der Waals surface area (Å²) < 4.78 is 0. The van der Waals surface area contributed by atoms with Gasteiger partial charge in [0, 0.05) is 18.2 Å². The van der Waals surface area contributed by atoms with Crippen LogP contribution in [0.2, 0.25) is 0 Å². The lowest BCUT2D eigenvalue weighted by molar-refractivity contribution is -0.157. The SMILES string of the molecule is CC(C)C[C@@H]1C(=O)N[C@H](C2Cc3ccccc3C2)C(=O)N1[C@@H](C(=O)CC(C)(C)C)c1ccc(-c2ccccn2)cc1. The van der Waals surface area contributed by atoms with E-state index in [9.17, 15) is 14.4 Å². The summed E-state index contributed by atoms with van der Waals surface area (Å²) in [6.07, 6.45) is 3.99. The summed E-state index contributed by atoms with van der Waals surface area (Å²) in [7, 11) is 0. The summed E-state index contributed by atoms with van der Waals surface area (Å²) >= 11 is 0. The van der Waals surface area contributed by atoms with Crippen molar-refractivity contribution in [3.05, 3.63) is 89.6 Å². The number of ketones is 1. The molecule has 214 valence electrons. The van der Waals surface area contributed by atoms with Crippen molar-refractivity contribution in [2.45, 2.75) is 78.4 Å². The number of Topliss-reactive ketones (excluding diaryl/α,β-unsaturated/α-hetero) is 1. The minimum atomic E-state index is -0.847. The third-order valence-corrected chi connectivity index (χ3v) is 8.18. The lowest BCUT2D eigenvalue weighted by Gasteiger charge is -2.45. The number of carbonyl (C=O) groups excluding carboxylic acids is 3. The highest BCUT2D eigenvalue weighted by atomic mass is 16.2. The summed E-state index contributed by atoms with van der Waals surface area (Å²) in [4.78, 5) is 48.6. The zero-order valence-corrected chi connectivity index (χ0v) is 24.8. The molecule has 2 amide bonds. The van der Waals surface area contributed by atoms with Crippen molar-refractivity contribution in [1.82, 2.24) is 15.2 Å². The van der Waals surface area contributed by atoms with E-state index in [-0.39, 0.29) is 34.8 Å². The number of pyridine rings is 1. The molecule has 0 bridgehead atoms. The van der Waals surface area contributed by atoms with E-state index in [1.165, 1.54) is 11.1 Å². The normalized spacial score (nSPS) is 20.2. The average molecular weight is 552 g/mol. The zero-order chi connectivity index (χ0) is 29.3. The number of rotatable bonds is 8. The van der Waals surface area contributed by atoms with Crippen LogP contribution in [0.3, 0.4) is 0 Å². The first-order valence-corrected chi connectivity index (χ1v) is 14.8. The second-order valence-corrected chi connectivity index (χ2v) is 13.3. The van der Waals surface area contributed by atoms with Gasteiger partial charge in [-0.25, -0.2) is 0 Å². The van der Waals surface area contributed by atoms with E-state index < -0.39 is 18.1 Å². The van der Waals surface area contributed by atoms with Gasteiger partial charge < -0.3 is 10.2 Å². The van der Waals surface area contributed by atoms with Crippen molar-refractivity contribution < 1.29 is 14.4 Å². The number of hydrogen-bond acceptors (Lipinski definition) is 4. The third kappa shape index (κ3) is 6.27. The molecule has 1 aliphatic carbocycles. The molecule has 1 N–H and O–H groups in total. The lowest BCUT2D eigenvalue weighted by atomic mass is 9.83. The minimum absolute atomic E-state index is 0.0451. The molecule has 0 saturated carbocycles. The van der Waals surface area contributed by atoms with Crippen LogP contribution in [0, 0.1) is 17.3 Å². The quantitative estimate of drug-likeness (QED) is 0.375. The monoisotopic (exact) mass is 551 g/mol. The molecule has 5 rings (SSSR count). The summed E-state index contributed by atoms with van der Waals surface area (Å²) in [5.41, 5.74) is 4.67. The Balaban J connectivity index is 1.55. The molecule has 0 unspecified atom stereocenters. The van der Waals surface area contributed by atoms with Gasteiger partial charge in [-0.2, -0.15) is 0 Å². The average Bonchev–Trinajstić information content (AvgIpc) is 3.36. The van der Waals surface area contributed by atoms with Crippen LogP contribution in [0.5, 0.6) is 0 Å². The van der Waals surface area contributed by atoms with Gasteiger partial charge in [0.25, 0.3) is 0 Å². The molecular formula is C35H41N3O3. The van der Waals surface area contributed by atoms with Crippen molar-refractivity contribution in [3.63, 3.8) is 0 Å². The van der Waals surface area contributed by atoms with E-state index in [2.05, 4.69) is 22.4 Å². The van der Waals surface area contributed by atoms with Crippen LogP contribution in [0.4, 0.5) is 0 Å². The van der Waals surface area contributed by atoms with Crippen LogP contribution in [-0.2, 0) is 27.2 Å². The van der Waals surface area contributed by atoms with Crippen LogP contribution in [0.1, 0.15) is 70.2 Å². The fourth-order valence-electron chi connectivity index (χ4n) is 6.36. The Bertz CT molecular complexity index is 1380. The number of amides is 2. The van der Waals surface area contributed by atoms with Gasteiger partial charge in [-0.1, -0.05) is 89.2 Å². The van der Waals surface area contributed by atoms with Crippen molar-refractivity contribution in [2.75, 3.05) is 0 Å². The number of fused-ring (bicyclic) bond motifs is 1. The highest BCUT2D eigenvalue weighted by Crippen LogP contribution is 2.37. The van der Waals surface area contributed by atoms with E-state index in [4.69, 9.17) is 0 Å². The molecule has 6 nitrogen and oxygen atoms in total. The molecule has 3 atom stereocenters. The topological polar surface area (TPSA) is 79.4 Å². The Morgan fingerprint density at radius 1 is 0.951 bits per heavy atom. The number of aromatic nitrogens is 1. The summed E-state index contributed by atoms with van der Waals surface area (Å²) in [5.74, 6) is -0.255. The van der Waals surface area contributed by atoms with Crippen molar-refractivity contribution in [2.24, 2.45) is 17.3 Å². The Morgan fingerprint density at radius 2 is 1.59 bits per heavy atom. The van der Waals surface area contributed by atoms with Gasteiger partial charge in [-0.3, -0.25) is 19.4 Å².